The van der Waals surface area contributed by atoms with Crippen molar-refractivity contribution >= 4 is 11.8 Å². The Morgan fingerprint density at radius 2 is 1.71 bits per heavy atom. The van der Waals surface area contributed by atoms with E-state index in [1.54, 1.807) is 11.8 Å². The smallest absolute Gasteiger partial charge is 0.124 e. The second-order valence-corrected chi connectivity index (χ2v) is 6.14. The number of nitrogens with two attached hydrogens (primary N) is 1. The highest BCUT2D eigenvalue weighted by Crippen LogP contribution is 2.30. The molecule has 2 aromatic carbocycles. The molecule has 0 heterocycles. The number of hydrogen-bond donors (Lipinski definition) is 2. The minimum Gasteiger partial charge on any atom is -0.491 e. The van der Waals surface area contributed by atoms with E-state index < -0.39 is 0 Å². The van der Waals surface area contributed by atoms with Gasteiger partial charge in [0.25, 0.3) is 0 Å². The predicted molar refractivity (Wildman–Crippen MR) is 89.4 cm³/mol. The predicted octanol–water partition coefficient (Wildman–Crippen LogP) is 3.77. The van der Waals surface area contributed by atoms with E-state index in [1.807, 2.05) is 50.2 Å². The summed E-state index contributed by atoms with van der Waals surface area (Å²) in [5.41, 5.74) is 4.00. The molecule has 0 amide bonds. The summed E-state index contributed by atoms with van der Waals surface area (Å²) in [6, 6.07) is 18.4. The van der Waals surface area contributed by atoms with Crippen molar-refractivity contribution in [2.45, 2.75) is 30.9 Å². The summed E-state index contributed by atoms with van der Waals surface area (Å²) < 4.78 is 5.88. The second kappa shape index (κ2) is 8.08. The molecule has 3 N–H and O–H groups in total. The third-order valence-electron chi connectivity index (χ3n) is 3.02. The van der Waals surface area contributed by atoms with Gasteiger partial charge in [-0.3, -0.25) is 11.3 Å². The van der Waals surface area contributed by atoms with Crippen molar-refractivity contribution in [2.75, 3.05) is 5.75 Å². The summed E-state index contributed by atoms with van der Waals surface area (Å²) in [5, 5.41) is 0. The molecule has 21 heavy (non-hydrogen) atoms. The first-order valence-corrected chi connectivity index (χ1v) is 8.09. The quantitative estimate of drug-likeness (QED) is 0.464. The van der Waals surface area contributed by atoms with Crippen molar-refractivity contribution in [3.8, 4) is 5.75 Å². The largest absolute Gasteiger partial charge is 0.491 e. The molecule has 2 aromatic rings. The zero-order chi connectivity index (χ0) is 15.1. The van der Waals surface area contributed by atoms with Crippen molar-refractivity contribution in [3.05, 3.63) is 60.2 Å². The number of rotatable bonds is 7. The number of nitrogens with one attached hydrogen (secondary N) is 1. The summed E-state index contributed by atoms with van der Waals surface area (Å²) in [5.74, 6) is 7.49. The van der Waals surface area contributed by atoms with Crippen molar-refractivity contribution in [1.29, 1.82) is 0 Å². The van der Waals surface area contributed by atoms with Crippen LogP contribution in [-0.4, -0.2) is 11.9 Å². The van der Waals surface area contributed by atoms with Gasteiger partial charge in [0, 0.05) is 16.2 Å². The lowest BCUT2D eigenvalue weighted by atomic mass is 10.1. The Morgan fingerprint density at radius 3 is 2.38 bits per heavy atom. The molecule has 0 saturated carbocycles. The van der Waals surface area contributed by atoms with Gasteiger partial charge in [-0.25, -0.2) is 0 Å². The molecular formula is C17H22N2OS. The summed E-state index contributed by atoms with van der Waals surface area (Å²) in [4.78, 5) is 1.24. The number of ether oxygens (including phenoxy) is 1. The van der Waals surface area contributed by atoms with Crippen LogP contribution in [-0.2, 0) is 0 Å². The average molecular weight is 302 g/mol. The van der Waals surface area contributed by atoms with E-state index >= 15 is 0 Å². The van der Waals surface area contributed by atoms with Gasteiger partial charge in [-0.05, 0) is 32.0 Å². The molecule has 0 aliphatic rings. The molecule has 3 nitrogen and oxygen atoms in total. The van der Waals surface area contributed by atoms with Crippen molar-refractivity contribution in [3.63, 3.8) is 0 Å². The average Bonchev–Trinajstić information content (AvgIpc) is 2.50. The van der Waals surface area contributed by atoms with Crippen molar-refractivity contribution in [1.82, 2.24) is 5.43 Å². The summed E-state index contributed by atoms with van der Waals surface area (Å²) >= 11 is 1.78. The minimum absolute atomic E-state index is 0.0464. The van der Waals surface area contributed by atoms with Crippen LogP contribution in [0.15, 0.2) is 59.5 Å². The normalized spacial score (nSPS) is 12.4. The summed E-state index contributed by atoms with van der Waals surface area (Å²) in [7, 11) is 0. The molecule has 4 heteroatoms. The molecule has 2 rings (SSSR count). The van der Waals surface area contributed by atoms with Gasteiger partial charge in [0.2, 0.25) is 0 Å². The van der Waals surface area contributed by atoms with E-state index in [1.165, 1.54) is 4.90 Å². The van der Waals surface area contributed by atoms with Crippen LogP contribution in [0.4, 0.5) is 0 Å². The second-order valence-electron chi connectivity index (χ2n) is 5.05. The Morgan fingerprint density at radius 1 is 1.05 bits per heavy atom. The van der Waals surface area contributed by atoms with E-state index in [2.05, 4.69) is 23.6 Å². The summed E-state index contributed by atoms with van der Waals surface area (Å²) in [6.45, 7) is 4.06. The first-order chi connectivity index (χ1) is 10.2. The van der Waals surface area contributed by atoms with Gasteiger partial charge in [-0.15, -0.1) is 11.8 Å². The Labute approximate surface area is 130 Å². The van der Waals surface area contributed by atoms with Crippen LogP contribution in [0, 0.1) is 0 Å². The maximum atomic E-state index is 5.88. The van der Waals surface area contributed by atoms with E-state index in [0.717, 1.165) is 17.1 Å². The SMILES string of the molecule is CC(C)Oc1ccccc1C(CSc1ccccc1)NN. The van der Waals surface area contributed by atoms with Gasteiger partial charge in [0.05, 0.1) is 12.1 Å². The van der Waals surface area contributed by atoms with Gasteiger partial charge in [0.1, 0.15) is 5.75 Å². The lowest BCUT2D eigenvalue weighted by molar-refractivity contribution is 0.238. The van der Waals surface area contributed by atoms with Crippen LogP contribution in [0.5, 0.6) is 5.75 Å². The van der Waals surface area contributed by atoms with E-state index in [0.29, 0.717) is 0 Å². The zero-order valence-electron chi connectivity index (χ0n) is 12.5. The van der Waals surface area contributed by atoms with E-state index in [9.17, 15) is 0 Å². The van der Waals surface area contributed by atoms with Gasteiger partial charge < -0.3 is 4.74 Å². The van der Waals surface area contributed by atoms with Crippen LogP contribution < -0.4 is 16.0 Å². The van der Waals surface area contributed by atoms with Crippen LogP contribution in [0.25, 0.3) is 0 Å². The number of benzene rings is 2. The van der Waals surface area contributed by atoms with Crippen LogP contribution >= 0.6 is 11.8 Å². The van der Waals surface area contributed by atoms with E-state index in [-0.39, 0.29) is 12.1 Å². The highest BCUT2D eigenvalue weighted by molar-refractivity contribution is 7.99. The standard InChI is InChI=1S/C17H22N2OS/c1-13(2)20-17-11-7-6-10-15(17)16(19-18)12-21-14-8-4-3-5-9-14/h3-11,13,16,19H,12,18H2,1-2H3. The molecule has 0 aliphatic heterocycles. The fourth-order valence-corrected chi connectivity index (χ4v) is 3.04. The summed E-state index contributed by atoms with van der Waals surface area (Å²) in [6.07, 6.45) is 0.145. The van der Waals surface area contributed by atoms with Gasteiger partial charge in [-0.2, -0.15) is 0 Å². The number of hydrazine groups is 1. The zero-order valence-corrected chi connectivity index (χ0v) is 13.3. The number of hydrogen-bond acceptors (Lipinski definition) is 4. The van der Waals surface area contributed by atoms with Crippen LogP contribution in [0.2, 0.25) is 0 Å². The molecule has 0 fully saturated rings. The molecule has 0 bridgehead atoms. The fraction of sp³-hybridized carbons (Fsp3) is 0.294. The number of thioether (sulfide) groups is 1. The molecule has 0 saturated heterocycles. The van der Waals surface area contributed by atoms with Crippen molar-refractivity contribution in [2.24, 2.45) is 5.84 Å². The molecule has 1 unspecified atom stereocenters. The third kappa shape index (κ3) is 4.77. The molecule has 0 aliphatic carbocycles. The highest BCUT2D eigenvalue weighted by Gasteiger charge is 2.15. The molecule has 0 spiro atoms. The Hall–Kier alpha value is -1.49. The maximum absolute atomic E-state index is 5.88. The monoisotopic (exact) mass is 302 g/mol. The molecule has 0 radical (unpaired) electrons. The molecule has 112 valence electrons. The lowest BCUT2D eigenvalue weighted by Crippen LogP contribution is -2.30. The van der Waals surface area contributed by atoms with E-state index in [4.69, 9.17) is 10.6 Å². The topological polar surface area (TPSA) is 47.3 Å². The molecular weight excluding hydrogens is 280 g/mol. The Balaban J connectivity index is 2.10. The third-order valence-corrected chi connectivity index (χ3v) is 4.12. The van der Waals surface area contributed by atoms with Crippen LogP contribution in [0.1, 0.15) is 25.5 Å². The van der Waals surface area contributed by atoms with Gasteiger partial charge >= 0.3 is 0 Å². The first-order valence-electron chi connectivity index (χ1n) is 7.10. The van der Waals surface area contributed by atoms with Crippen molar-refractivity contribution < 1.29 is 4.74 Å². The van der Waals surface area contributed by atoms with Gasteiger partial charge in [-0.1, -0.05) is 36.4 Å². The van der Waals surface area contributed by atoms with Gasteiger partial charge in [0.15, 0.2) is 0 Å². The molecule has 0 aromatic heterocycles. The maximum Gasteiger partial charge on any atom is 0.124 e. The minimum atomic E-state index is 0.0464. The Bertz CT molecular complexity index is 545. The number of para-hydroxylation sites is 1. The Kier molecular flexibility index (Phi) is 6.11. The highest BCUT2D eigenvalue weighted by atomic mass is 32.2. The lowest BCUT2D eigenvalue weighted by Gasteiger charge is -2.21. The first kappa shape index (κ1) is 15.9. The van der Waals surface area contributed by atoms with Crippen LogP contribution in [0.3, 0.4) is 0 Å². The fourth-order valence-electron chi connectivity index (χ4n) is 2.05. The molecule has 1 atom stereocenters.